The van der Waals surface area contributed by atoms with Crippen LogP contribution in [0.2, 0.25) is 0 Å². The lowest BCUT2D eigenvalue weighted by Gasteiger charge is -2.40. The van der Waals surface area contributed by atoms with Crippen molar-refractivity contribution < 1.29 is 0 Å². The Morgan fingerprint density at radius 2 is 2.28 bits per heavy atom. The SMILES string of the molecule is CSC1(CNc2nccn3c(C)nnc23)CCC1. The van der Waals surface area contributed by atoms with Gasteiger partial charge in [-0.2, -0.15) is 11.8 Å². The number of aromatic nitrogens is 4. The second-order valence-electron chi connectivity index (χ2n) is 4.81. The monoisotopic (exact) mass is 263 g/mol. The van der Waals surface area contributed by atoms with Crippen molar-refractivity contribution in [3.8, 4) is 0 Å². The highest BCUT2D eigenvalue weighted by Gasteiger charge is 2.36. The van der Waals surface area contributed by atoms with Gasteiger partial charge in [0.2, 0.25) is 5.65 Å². The highest BCUT2D eigenvalue weighted by Crippen LogP contribution is 2.42. The van der Waals surface area contributed by atoms with Gasteiger partial charge in [0.1, 0.15) is 5.82 Å². The van der Waals surface area contributed by atoms with E-state index in [1.807, 2.05) is 29.3 Å². The zero-order chi connectivity index (χ0) is 12.6. The molecule has 0 atom stereocenters. The van der Waals surface area contributed by atoms with Crippen molar-refractivity contribution >= 4 is 23.2 Å². The zero-order valence-electron chi connectivity index (χ0n) is 10.7. The average Bonchev–Trinajstić information content (AvgIpc) is 2.72. The Balaban J connectivity index is 1.82. The smallest absolute Gasteiger partial charge is 0.203 e. The Labute approximate surface area is 110 Å². The van der Waals surface area contributed by atoms with Crippen LogP contribution in [0.5, 0.6) is 0 Å². The van der Waals surface area contributed by atoms with Gasteiger partial charge in [0.25, 0.3) is 0 Å². The van der Waals surface area contributed by atoms with Crippen molar-refractivity contribution in [2.75, 3.05) is 18.1 Å². The number of hydrogen-bond donors (Lipinski definition) is 1. The average molecular weight is 263 g/mol. The van der Waals surface area contributed by atoms with Gasteiger partial charge in [-0.1, -0.05) is 6.42 Å². The predicted molar refractivity (Wildman–Crippen MR) is 74.1 cm³/mol. The van der Waals surface area contributed by atoms with Gasteiger partial charge in [-0.25, -0.2) is 4.98 Å². The third-order valence-corrected chi connectivity index (χ3v) is 5.19. The van der Waals surface area contributed by atoms with Gasteiger partial charge in [-0.15, -0.1) is 10.2 Å². The highest BCUT2D eigenvalue weighted by molar-refractivity contribution is 8.00. The van der Waals surface area contributed by atoms with Gasteiger partial charge < -0.3 is 5.32 Å². The molecule has 1 N–H and O–H groups in total. The summed E-state index contributed by atoms with van der Waals surface area (Å²) in [4.78, 5) is 4.37. The molecule has 18 heavy (non-hydrogen) atoms. The first-order valence-electron chi connectivity index (χ1n) is 6.19. The summed E-state index contributed by atoms with van der Waals surface area (Å²) < 4.78 is 2.35. The van der Waals surface area contributed by atoms with Crippen LogP contribution in [0, 0.1) is 6.92 Å². The molecule has 0 bridgehead atoms. The summed E-state index contributed by atoms with van der Waals surface area (Å²) in [6, 6.07) is 0. The Morgan fingerprint density at radius 1 is 1.44 bits per heavy atom. The zero-order valence-corrected chi connectivity index (χ0v) is 11.5. The first-order valence-corrected chi connectivity index (χ1v) is 7.42. The third kappa shape index (κ3) is 1.84. The number of anilines is 1. The first kappa shape index (κ1) is 11.8. The maximum absolute atomic E-state index is 4.37. The van der Waals surface area contributed by atoms with E-state index in [2.05, 4.69) is 26.8 Å². The van der Waals surface area contributed by atoms with Gasteiger partial charge in [0, 0.05) is 23.7 Å². The van der Waals surface area contributed by atoms with Crippen LogP contribution in [-0.2, 0) is 0 Å². The maximum Gasteiger partial charge on any atom is 0.203 e. The van der Waals surface area contributed by atoms with E-state index >= 15 is 0 Å². The molecule has 0 spiro atoms. The number of fused-ring (bicyclic) bond motifs is 1. The Bertz CT molecular complexity index is 555. The molecular formula is C12H17N5S. The minimum atomic E-state index is 0.392. The molecule has 1 aliphatic carbocycles. The van der Waals surface area contributed by atoms with E-state index in [1.165, 1.54) is 19.3 Å². The number of thioether (sulfide) groups is 1. The van der Waals surface area contributed by atoms with Crippen LogP contribution >= 0.6 is 11.8 Å². The number of nitrogens with zero attached hydrogens (tertiary/aromatic N) is 4. The second-order valence-corrected chi connectivity index (χ2v) is 6.09. The van der Waals surface area contributed by atoms with E-state index in [0.717, 1.165) is 23.8 Å². The topological polar surface area (TPSA) is 55.1 Å². The van der Waals surface area contributed by atoms with E-state index in [9.17, 15) is 0 Å². The normalized spacial score (nSPS) is 17.7. The summed E-state index contributed by atoms with van der Waals surface area (Å²) in [5.74, 6) is 1.72. The quantitative estimate of drug-likeness (QED) is 0.915. The van der Waals surface area contributed by atoms with E-state index in [1.54, 1.807) is 6.20 Å². The Kier molecular flexibility index (Phi) is 2.89. The molecule has 0 saturated heterocycles. The molecular weight excluding hydrogens is 246 g/mol. The lowest BCUT2D eigenvalue weighted by atomic mass is 9.84. The molecule has 1 aliphatic rings. The summed E-state index contributed by atoms with van der Waals surface area (Å²) in [6.07, 6.45) is 9.79. The maximum atomic E-state index is 4.37. The highest BCUT2D eigenvalue weighted by atomic mass is 32.2. The fourth-order valence-electron chi connectivity index (χ4n) is 2.34. The largest absolute Gasteiger partial charge is 0.366 e. The summed E-state index contributed by atoms with van der Waals surface area (Å²) >= 11 is 1.96. The minimum Gasteiger partial charge on any atom is -0.366 e. The van der Waals surface area contributed by atoms with E-state index in [0.29, 0.717) is 4.75 Å². The lowest BCUT2D eigenvalue weighted by Crippen LogP contribution is -2.40. The first-order chi connectivity index (χ1) is 8.74. The van der Waals surface area contributed by atoms with Crippen LogP contribution in [0.1, 0.15) is 25.1 Å². The fraction of sp³-hybridized carbons (Fsp3) is 0.583. The summed E-state index contributed by atoms with van der Waals surface area (Å²) in [5, 5.41) is 11.7. The van der Waals surface area contributed by atoms with Crippen LogP contribution < -0.4 is 5.32 Å². The molecule has 0 unspecified atom stereocenters. The molecule has 6 heteroatoms. The van der Waals surface area contributed by atoms with Crippen LogP contribution in [0.4, 0.5) is 5.82 Å². The molecule has 1 fully saturated rings. The van der Waals surface area contributed by atoms with Gasteiger partial charge in [-0.3, -0.25) is 4.40 Å². The molecule has 0 aliphatic heterocycles. The molecule has 3 rings (SSSR count). The standard InChI is InChI=1S/C12H17N5S/c1-9-15-16-11-10(13-6-7-17(9)11)14-8-12(18-2)4-3-5-12/h6-7H,3-5,8H2,1-2H3,(H,13,14). The van der Waals surface area contributed by atoms with Crippen LogP contribution in [0.15, 0.2) is 12.4 Å². The molecule has 0 radical (unpaired) electrons. The minimum absolute atomic E-state index is 0.392. The molecule has 5 nitrogen and oxygen atoms in total. The van der Waals surface area contributed by atoms with Crippen molar-refractivity contribution in [1.82, 2.24) is 19.6 Å². The molecule has 0 aromatic carbocycles. The van der Waals surface area contributed by atoms with Gasteiger partial charge >= 0.3 is 0 Å². The fourth-order valence-corrected chi connectivity index (χ4v) is 3.25. The third-order valence-electron chi connectivity index (χ3n) is 3.77. The Morgan fingerprint density at radius 3 is 2.94 bits per heavy atom. The lowest BCUT2D eigenvalue weighted by molar-refractivity contribution is 0.379. The molecule has 96 valence electrons. The van der Waals surface area contributed by atoms with Crippen molar-refractivity contribution in [3.05, 3.63) is 18.2 Å². The van der Waals surface area contributed by atoms with E-state index in [4.69, 9.17) is 0 Å². The van der Waals surface area contributed by atoms with Crippen molar-refractivity contribution in [1.29, 1.82) is 0 Å². The number of rotatable bonds is 4. The summed E-state index contributed by atoms with van der Waals surface area (Å²) in [7, 11) is 0. The molecule has 2 heterocycles. The number of aryl methyl sites for hydroxylation is 1. The van der Waals surface area contributed by atoms with E-state index in [-0.39, 0.29) is 0 Å². The molecule has 2 aromatic rings. The predicted octanol–water partition coefficient (Wildman–Crippen LogP) is 2.13. The van der Waals surface area contributed by atoms with Crippen LogP contribution in [0.3, 0.4) is 0 Å². The Hall–Kier alpha value is -1.30. The summed E-state index contributed by atoms with van der Waals surface area (Å²) in [5.41, 5.74) is 0.811. The second kappa shape index (κ2) is 4.42. The van der Waals surface area contributed by atoms with Crippen molar-refractivity contribution in [2.24, 2.45) is 0 Å². The van der Waals surface area contributed by atoms with Gasteiger partial charge in [0.05, 0.1) is 0 Å². The van der Waals surface area contributed by atoms with Gasteiger partial charge in [-0.05, 0) is 26.0 Å². The van der Waals surface area contributed by atoms with Gasteiger partial charge in [0.15, 0.2) is 5.82 Å². The number of nitrogens with one attached hydrogen (secondary N) is 1. The van der Waals surface area contributed by atoms with E-state index < -0.39 is 0 Å². The van der Waals surface area contributed by atoms with Crippen LogP contribution in [0.25, 0.3) is 5.65 Å². The molecule has 1 saturated carbocycles. The van der Waals surface area contributed by atoms with Crippen molar-refractivity contribution in [2.45, 2.75) is 30.9 Å². The molecule has 2 aromatic heterocycles. The summed E-state index contributed by atoms with van der Waals surface area (Å²) in [6.45, 7) is 2.89. The number of hydrogen-bond acceptors (Lipinski definition) is 5. The van der Waals surface area contributed by atoms with Crippen molar-refractivity contribution in [3.63, 3.8) is 0 Å². The van der Waals surface area contributed by atoms with Crippen LogP contribution in [-0.4, -0.2) is 37.1 Å². The molecule has 0 amide bonds.